The molecular weight excluding hydrogens is 344 g/mol. The Labute approximate surface area is 160 Å². The van der Waals surface area contributed by atoms with Crippen molar-refractivity contribution >= 4 is 5.96 Å². The number of nitrogens with one attached hydrogen (secondary N) is 2. The van der Waals surface area contributed by atoms with Gasteiger partial charge in [0, 0.05) is 33.2 Å². The van der Waals surface area contributed by atoms with Gasteiger partial charge < -0.3 is 20.1 Å². The van der Waals surface area contributed by atoms with Crippen molar-refractivity contribution in [1.29, 1.82) is 0 Å². The highest BCUT2D eigenvalue weighted by molar-refractivity contribution is 5.80. The molecule has 27 heavy (non-hydrogen) atoms. The third-order valence-electron chi connectivity index (χ3n) is 4.55. The van der Waals surface area contributed by atoms with E-state index in [4.69, 9.17) is 9.47 Å². The zero-order valence-electron chi connectivity index (χ0n) is 16.5. The largest absolute Gasteiger partial charge is 0.497 e. The molecule has 0 fully saturated rings. The lowest BCUT2D eigenvalue weighted by atomic mass is 10.1. The molecule has 2 heterocycles. The fourth-order valence-corrected chi connectivity index (χ4v) is 3.29. The van der Waals surface area contributed by atoms with Crippen molar-refractivity contribution in [1.82, 2.24) is 25.4 Å². The molecule has 8 nitrogen and oxygen atoms in total. The van der Waals surface area contributed by atoms with Crippen LogP contribution in [0, 0.1) is 6.92 Å². The summed E-state index contributed by atoms with van der Waals surface area (Å²) in [6, 6.07) is 6.45. The molecule has 0 aliphatic carbocycles. The molecule has 0 amide bonds. The first-order valence-corrected chi connectivity index (χ1v) is 9.14. The van der Waals surface area contributed by atoms with Gasteiger partial charge in [-0.3, -0.25) is 4.99 Å². The smallest absolute Gasteiger partial charge is 0.191 e. The predicted octanol–water partition coefficient (Wildman–Crippen LogP) is 1.42. The van der Waals surface area contributed by atoms with E-state index < -0.39 is 0 Å². The fraction of sp³-hybridized carbons (Fsp3) is 0.526. The number of benzene rings is 1. The lowest BCUT2D eigenvalue weighted by molar-refractivity contribution is 0.177. The second-order valence-corrected chi connectivity index (χ2v) is 6.72. The van der Waals surface area contributed by atoms with Crippen molar-refractivity contribution in [2.45, 2.75) is 45.5 Å². The molecular formula is C19H28N6O2. The van der Waals surface area contributed by atoms with Crippen molar-refractivity contribution in [2.75, 3.05) is 21.3 Å². The van der Waals surface area contributed by atoms with Crippen LogP contribution in [0.1, 0.15) is 29.2 Å². The zero-order valence-corrected chi connectivity index (χ0v) is 16.5. The third-order valence-corrected chi connectivity index (χ3v) is 4.55. The molecule has 0 radical (unpaired) electrons. The quantitative estimate of drug-likeness (QED) is 0.589. The summed E-state index contributed by atoms with van der Waals surface area (Å²) >= 11 is 0. The Morgan fingerprint density at radius 2 is 2.19 bits per heavy atom. The van der Waals surface area contributed by atoms with E-state index in [0.717, 1.165) is 48.3 Å². The molecule has 1 aliphatic heterocycles. The summed E-state index contributed by atoms with van der Waals surface area (Å²) in [4.78, 5) is 8.87. The van der Waals surface area contributed by atoms with E-state index >= 15 is 0 Å². The minimum absolute atomic E-state index is 0.257. The molecule has 0 bridgehead atoms. The summed E-state index contributed by atoms with van der Waals surface area (Å²) in [5.74, 6) is 3.41. The number of ether oxygens (including phenoxy) is 2. The average molecular weight is 372 g/mol. The van der Waals surface area contributed by atoms with Crippen LogP contribution in [0.3, 0.4) is 0 Å². The lowest BCUT2D eigenvalue weighted by Gasteiger charge is -2.25. The molecule has 0 spiro atoms. The maximum atomic E-state index is 5.34. The molecule has 0 saturated carbocycles. The fourth-order valence-electron chi connectivity index (χ4n) is 3.29. The summed E-state index contributed by atoms with van der Waals surface area (Å²) in [7, 11) is 5.13. The van der Waals surface area contributed by atoms with Gasteiger partial charge in [0.1, 0.15) is 18.2 Å². The molecule has 3 rings (SSSR count). The van der Waals surface area contributed by atoms with E-state index in [9.17, 15) is 0 Å². The van der Waals surface area contributed by atoms with E-state index in [2.05, 4.69) is 38.7 Å². The monoisotopic (exact) mass is 372 g/mol. The van der Waals surface area contributed by atoms with Gasteiger partial charge in [-0.25, -0.2) is 9.67 Å². The third kappa shape index (κ3) is 4.97. The van der Waals surface area contributed by atoms with Gasteiger partial charge in [0.2, 0.25) is 0 Å². The number of nitrogens with zero attached hydrogens (tertiary/aromatic N) is 4. The van der Waals surface area contributed by atoms with Gasteiger partial charge in [0.25, 0.3) is 0 Å². The van der Waals surface area contributed by atoms with Crippen LogP contribution < -0.4 is 15.4 Å². The van der Waals surface area contributed by atoms with Crippen LogP contribution in [0.25, 0.3) is 0 Å². The van der Waals surface area contributed by atoms with Gasteiger partial charge in [0.15, 0.2) is 11.8 Å². The number of aryl methyl sites for hydroxylation is 2. The van der Waals surface area contributed by atoms with Crippen molar-refractivity contribution in [3.8, 4) is 5.75 Å². The van der Waals surface area contributed by atoms with E-state index in [1.165, 1.54) is 5.56 Å². The van der Waals surface area contributed by atoms with Crippen molar-refractivity contribution in [3.05, 3.63) is 41.0 Å². The number of methoxy groups -OCH3 is 2. The summed E-state index contributed by atoms with van der Waals surface area (Å²) in [5, 5.41) is 11.4. The first-order valence-electron chi connectivity index (χ1n) is 9.14. The molecule has 1 aromatic carbocycles. The van der Waals surface area contributed by atoms with Crippen LogP contribution in [0.5, 0.6) is 5.75 Å². The minimum Gasteiger partial charge on any atom is -0.497 e. The van der Waals surface area contributed by atoms with Gasteiger partial charge in [-0.1, -0.05) is 6.07 Å². The van der Waals surface area contributed by atoms with Crippen LogP contribution in [0.4, 0.5) is 0 Å². The maximum Gasteiger partial charge on any atom is 0.191 e. The summed E-state index contributed by atoms with van der Waals surface area (Å²) in [6.45, 7) is 3.96. The molecule has 2 aromatic rings. The lowest BCUT2D eigenvalue weighted by Crippen LogP contribution is -2.46. The van der Waals surface area contributed by atoms with Crippen molar-refractivity contribution in [3.63, 3.8) is 0 Å². The Bertz CT molecular complexity index is 801. The maximum absolute atomic E-state index is 5.34. The number of hydrogen-bond acceptors (Lipinski definition) is 5. The highest BCUT2D eigenvalue weighted by atomic mass is 16.5. The van der Waals surface area contributed by atoms with E-state index in [-0.39, 0.29) is 6.04 Å². The first kappa shape index (κ1) is 19.2. The van der Waals surface area contributed by atoms with Crippen molar-refractivity contribution in [2.24, 2.45) is 4.99 Å². The molecule has 2 N–H and O–H groups in total. The Kier molecular flexibility index (Phi) is 6.28. The first-order chi connectivity index (χ1) is 13.1. The van der Waals surface area contributed by atoms with Crippen LogP contribution in [0.15, 0.2) is 23.2 Å². The van der Waals surface area contributed by atoms with Crippen LogP contribution in [0.2, 0.25) is 0 Å². The summed E-state index contributed by atoms with van der Waals surface area (Å²) in [5.41, 5.74) is 2.33. The highest BCUT2D eigenvalue weighted by Crippen LogP contribution is 2.16. The Balaban J connectivity index is 1.57. The second kappa shape index (κ2) is 8.85. The average Bonchev–Trinajstić information content (AvgIpc) is 3.06. The van der Waals surface area contributed by atoms with E-state index in [1.807, 2.05) is 16.8 Å². The standard InChI is InChI=1S/C19H28N6O2/c1-13-7-14(9-16(8-13)27-4)10-21-19(20-2)22-15-5-6-18-23-17(12-26-3)24-25(18)11-15/h7-9,15H,5-6,10-12H2,1-4H3,(H2,20,21,22). The van der Waals surface area contributed by atoms with Crippen LogP contribution >= 0.6 is 0 Å². The van der Waals surface area contributed by atoms with Gasteiger partial charge in [0.05, 0.1) is 13.7 Å². The number of fused-ring (bicyclic) bond motifs is 1. The van der Waals surface area contributed by atoms with E-state index in [1.54, 1.807) is 21.3 Å². The Hall–Kier alpha value is -2.61. The predicted molar refractivity (Wildman–Crippen MR) is 104 cm³/mol. The zero-order chi connectivity index (χ0) is 19.2. The molecule has 1 unspecified atom stereocenters. The molecule has 1 atom stereocenters. The molecule has 8 heteroatoms. The van der Waals surface area contributed by atoms with Crippen molar-refractivity contribution < 1.29 is 9.47 Å². The molecule has 146 valence electrons. The number of hydrogen-bond donors (Lipinski definition) is 2. The van der Waals surface area contributed by atoms with Gasteiger partial charge in [-0.15, -0.1) is 0 Å². The summed E-state index contributed by atoms with van der Waals surface area (Å²) in [6.07, 6.45) is 1.88. The normalized spacial score (nSPS) is 16.7. The number of aromatic nitrogens is 3. The minimum atomic E-state index is 0.257. The molecule has 0 saturated heterocycles. The Morgan fingerprint density at radius 3 is 2.93 bits per heavy atom. The van der Waals surface area contributed by atoms with Crippen LogP contribution in [-0.2, 0) is 30.9 Å². The van der Waals surface area contributed by atoms with Gasteiger partial charge in [-0.05, 0) is 36.6 Å². The number of guanidine groups is 1. The van der Waals surface area contributed by atoms with E-state index in [0.29, 0.717) is 13.2 Å². The topological polar surface area (TPSA) is 85.6 Å². The molecule has 1 aliphatic rings. The van der Waals surface area contributed by atoms with Gasteiger partial charge in [-0.2, -0.15) is 5.10 Å². The second-order valence-electron chi connectivity index (χ2n) is 6.72. The number of aliphatic imine (C=N–C) groups is 1. The van der Waals surface area contributed by atoms with Gasteiger partial charge >= 0.3 is 0 Å². The number of rotatable bonds is 6. The summed E-state index contributed by atoms with van der Waals surface area (Å²) < 4.78 is 12.4. The van der Waals surface area contributed by atoms with Crippen LogP contribution in [-0.4, -0.2) is 48.0 Å². The Morgan fingerprint density at radius 1 is 1.33 bits per heavy atom. The highest BCUT2D eigenvalue weighted by Gasteiger charge is 2.22. The SMILES string of the molecule is CN=C(NCc1cc(C)cc(OC)c1)NC1CCc2nc(COC)nn2C1. The molecule has 1 aromatic heterocycles.